The number of carbonyl (C=O) groups is 1. The van der Waals surface area contributed by atoms with Crippen molar-refractivity contribution in [2.24, 2.45) is 0 Å². The molecule has 0 spiro atoms. The summed E-state index contributed by atoms with van der Waals surface area (Å²) in [5.41, 5.74) is 0.153. The Hall–Kier alpha value is -2.68. The number of hydrogen-bond donors (Lipinski definition) is 1. The number of fused-ring (bicyclic) bond motifs is 1. The molecular formula is C18H18F2N2O4S. The molecule has 1 unspecified atom stereocenters. The Morgan fingerprint density at radius 3 is 2.74 bits per heavy atom. The van der Waals surface area contributed by atoms with Crippen LogP contribution in [0.2, 0.25) is 0 Å². The van der Waals surface area contributed by atoms with E-state index in [1.54, 1.807) is 12.1 Å². The number of halogens is 2. The number of nitrogens with zero attached hydrogens (tertiary/aromatic N) is 1. The number of amides is 1. The average Bonchev–Trinajstić information content (AvgIpc) is 2.66. The molecule has 27 heavy (non-hydrogen) atoms. The molecule has 1 aliphatic rings. The Morgan fingerprint density at radius 2 is 2.00 bits per heavy atom. The van der Waals surface area contributed by atoms with Gasteiger partial charge in [0, 0.05) is 6.54 Å². The molecule has 6 nitrogen and oxygen atoms in total. The lowest BCUT2D eigenvalue weighted by molar-refractivity contribution is -0.127. The largest absolute Gasteiger partial charge is 0.476 e. The lowest BCUT2D eigenvalue weighted by Crippen LogP contribution is -2.50. The molecule has 0 fully saturated rings. The van der Waals surface area contributed by atoms with Crippen LogP contribution in [0.1, 0.15) is 13.3 Å². The highest BCUT2D eigenvalue weighted by Gasteiger charge is 2.38. The summed E-state index contributed by atoms with van der Waals surface area (Å²) in [6.07, 6.45) is -0.413. The molecule has 2 aromatic carbocycles. The summed E-state index contributed by atoms with van der Waals surface area (Å²) >= 11 is 0. The Bertz CT molecular complexity index is 966. The number of para-hydroxylation sites is 2. The highest BCUT2D eigenvalue weighted by Crippen LogP contribution is 2.37. The van der Waals surface area contributed by atoms with Crippen LogP contribution in [0.15, 0.2) is 47.4 Å². The summed E-state index contributed by atoms with van der Waals surface area (Å²) in [5.74, 6) is -2.27. The van der Waals surface area contributed by atoms with Crippen LogP contribution in [0, 0.1) is 11.6 Å². The monoisotopic (exact) mass is 396 g/mol. The second-order valence-corrected chi connectivity index (χ2v) is 7.81. The summed E-state index contributed by atoms with van der Waals surface area (Å²) in [4.78, 5) is 11.5. The van der Waals surface area contributed by atoms with Crippen LogP contribution in [0.5, 0.6) is 5.75 Å². The van der Waals surface area contributed by atoms with Gasteiger partial charge in [-0.1, -0.05) is 19.1 Å². The Labute approximate surface area is 155 Å². The lowest BCUT2D eigenvalue weighted by atomic mass is 10.2. The van der Waals surface area contributed by atoms with Gasteiger partial charge in [0.25, 0.3) is 15.9 Å². The molecule has 0 saturated heterocycles. The molecule has 0 bridgehead atoms. The third kappa shape index (κ3) is 3.73. The zero-order valence-electron chi connectivity index (χ0n) is 14.5. The molecule has 0 saturated carbocycles. The lowest BCUT2D eigenvalue weighted by Gasteiger charge is -2.34. The molecule has 1 aliphatic heterocycles. The quantitative estimate of drug-likeness (QED) is 0.842. The fourth-order valence-electron chi connectivity index (χ4n) is 2.72. The van der Waals surface area contributed by atoms with E-state index in [1.165, 1.54) is 12.1 Å². The van der Waals surface area contributed by atoms with Crippen molar-refractivity contribution in [3.05, 3.63) is 54.1 Å². The molecule has 0 aliphatic carbocycles. The van der Waals surface area contributed by atoms with E-state index in [1.807, 2.05) is 6.92 Å². The van der Waals surface area contributed by atoms with Crippen molar-refractivity contribution in [1.29, 1.82) is 0 Å². The van der Waals surface area contributed by atoms with Crippen LogP contribution < -0.4 is 14.4 Å². The van der Waals surface area contributed by atoms with Gasteiger partial charge in [-0.15, -0.1) is 0 Å². The number of nitrogens with one attached hydrogen (secondary N) is 1. The minimum absolute atomic E-state index is 0.153. The first-order chi connectivity index (χ1) is 12.8. The minimum Gasteiger partial charge on any atom is -0.476 e. The van der Waals surface area contributed by atoms with Crippen LogP contribution in [-0.2, 0) is 14.8 Å². The van der Waals surface area contributed by atoms with Crippen molar-refractivity contribution < 1.29 is 26.7 Å². The molecule has 3 rings (SSSR count). The summed E-state index contributed by atoms with van der Waals surface area (Å²) in [6.45, 7) is 1.93. The molecule has 2 aromatic rings. The minimum atomic E-state index is -4.46. The first-order valence-electron chi connectivity index (χ1n) is 8.35. The zero-order chi connectivity index (χ0) is 19.6. The van der Waals surface area contributed by atoms with Crippen LogP contribution >= 0.6 is 0 Å². The van der Waals surface area contributed by atoms with Crippen molar-refractivity contribution in [1.82, 2.24) is 5.32 Å². The molecule has 1 N–H and O–H groups in total. The van der Waals surface area contributed by atoms with E-state index in [9.17, 15) is 22.0 Å². The van der Waals surface area contributed by atoms with Crippen molar-refractivity contribution in [3.63, 3.8) is 0 Å². The van der Waals surface area contributed by atoms with Gasteiger partial charge in [-0.2, -0.15) is 0 Å². The Balaban J connectivity index is 2.04. The number of benzene rings is 2. The van der Waals surface area contributed by atoms with E-state index in [0.717, 1.165) is 16.4 Å². The van der Waals surface area contributed by atoms with E-state index in [-0.39, 0.29) is 18.0 Å². The highest BCUT2D eigenvalue weighted by atomic mass is 32.2. The molecule has 0 radical (unpaired) electrons. The fourth-order valence-corrected chi connectivity index (χ4v) is 4.28. The van der Waals surface area contributed by atoms with E-state index < -0.39 is 38.6 Å². The Morgan fingerprint density at radius 1 is 1.26 bits per heavy atom. The summed E-state index contributed by atoms with van der Waals surface area (Å²) in [7, 11) is -4.46. The molecule has 1 amide bonds. The van der Waals surface area contributed by atoms with Gasteiger partial charge < -0.3 is 10.1 Å². The number of rotatable bonds is 5. The maximum atomic E-state index is 14.1. The van der Waals surface area contributed by atoms with Crippen LogP contribution in [0.4, 0.5) is 14.5 Å². The molecule has 1 heterocycles. The van der Waals surface area contributed by atoms with Crippen molar-refractivity contribution in [2.45, 2.75) is 24.3 Å². The topological polar surface area (TPSA) is 75.7 Å². The van der Waals surface area contributed by atoms with E-state index in [4.69, 9.17) is 4.74 Å². The number of ether oxygens (including phenoxy) is 1. The summed E-state index contributed by atoms with van der Waals surface area (Å²) in [6, 6.07) is 8.41. The first-order valence-corrected chi connectivity index (χ1v) is 9.79. The molecule has 1 atom stereocenters. The van der Waals surface area contributed by atoms with Gasteiger partial charge in [0.15, 0.2) is 6.10 Å². The second-order valence-electron chi connectivity index (χ2n) is 5.98. The standard InChI is InChI=1S/C18H18F2N2O4S/c1-2-9-21-18(23)16-11-22(14-5-3-4-6-15(14)26-16)27(24,25)17-10-12(19)7-8-13(17)20/h3-8,10,16H,2,9,11H2,1H3,(H,21,23). The van der Waals surface area contributed by atoms with Gasteiger partial charge in [0.2, 0.25) is 0 Å². The van der Waals surface area contributed by atoms with E-state index in [0.29, 0.717) is 19.0 Å². The van der Waals surface area contributed by atoms with Crippen LogP contribution in [0.3, 0.4) is 0 Å². The number of hydrogen-bond acceptors (Lipinski definition) is 4. The van der Waals surface area contributed by atoms with E-state index in [2.05, 4.69) is 5.32 Å². The normalized spacial score (nSPS) is 16.4. The predicted octanol–water partition coefficient (Wildman–Crippen LogP) is 2.45. The zero-order valence-corrected chi connectivity index (χ0v) is 15.3. The van der Waals surface area contributed by atoms with Gasteiger partial charge in [0.05, 0.1) is 12.2 Å². The maximum absolute atomic E-state index is 14.1. The second kappa shape index (κ2) is 7.51. The maximum Gasteiger partial charge on any atom is 0.267 e. The summed E-state index contributed by atoms with van der Waals surface area (Å²) < 4.78 is 60.3. The van der Waals surface area contributed by atoms with Gasteiger partial charge in [-0.3, -0.25) is 9.10 Å². The Kier molecular flexibility index (Phi) is 5.31. The van der Waals surface area contributed by atoms with Crippen LogP contribution in [0.25, 0.3) is 0 Å². The van der Waals surface area contributed by atoms with Crippen LogP contribution in [-0.4, -0.2) is 33.5 Å². The number of anilines is 1. The van der Waals surface area contributed by atoms with Crippen molar-refractivity contribution in [3.8, 4) is 5.75 Å². The highest BCUT2D eigenvalue weighted by molar-refractivity contribution is 7.92. The third-order valence-corrected chi connectivity index (χ3v) is 5.83. The van der Waals surface area contributed by atoms with E-state index >= 15 is 0 Å². The molecule has 9 heteroatoms. The first kappa shape index (κ1) is 19.1. The van der Waals surface area contributed by atoms with Gasteiger partial charge in [0.1, 0.15) is 22.3 Å². The SMILES string of the molecule is CCCNC(=O)C1CN(S(=O)(=O)c2cc(F)ccc2F)c2ccccc2O1. The van der Waals surface area contributed by atoms with Gasteiger partial charge in [-0.25, -0.2) is 17.2 Å². The third-order valence-electron chi connectivity index (χ3n) is 4.04. The molecule has 0 aromatic heterocycles. The predicted molar refractivity (Wildman–Crippen MR) is 95.0 cm³/mol. The average molecular weight is 396 g/mol. The smallest absolute Gasteiger partial charge is 0.267 e. The van der Waals surface area contributed by atoms with Gasteiger partial charge >= 0.3 is 0 Å². The van der Waals surface area contributed by atoms with Gasteiger partial charge in [-0.05, 0) is 36.8 Å². The molecule has 144 valence electrons. The van der Waals surface area contributed by atoms with Crippen molar-refractivity contribution in [2.75, 3.05) is 17.4 Å². The number of sulfonamides is 1. The fraction of sp³-hybridized carbons (Fsp3) is 0.278. The summed E-state index contributed by atoms with van der Waals surface area (Å²) in [5, 5.41) is 2.65. The van der Waals surface area contributed by atoms with Crippen molar-refractivity contribution >= 4 is 21.6 Å². The number of carbonyl (C=O) groups excluding carboxylic acids is 1. The molecular weight excluding hydrogens is 378 g/mol.